The van der Waals surface area contributed by atoms with Crippen molar-refractivity contribution in [1.82, 2.24) is 9.99 Å². The standard InChI is InChI=1S/C22H20F3N3O/c1-15-11-18(16(2)28(15)20-9-4-3-5-10-20)14-26-27-21(29)13-17-7-6-8-19(12-17)22(23,24)25/h3-12,14H,13H2,1-2H3,(H,27,29)/b26-14+. The molecule has 0 fully saturated rings. The second-order valence-electron chi connectivity index (χ2n) is 6.67. The van der Waals surface area contributed by atoms with Crippen LogP contribution in [0.5, 0.6) is 0 Å². The van der Waals surface area contributed by atoms with E-state index in [1.54, 1.807) is 0 Å². The average molecular weight is 399 g/mol. The van der Waals surface area contributed by atoms with Crippen molar-refractivity contribution in [2.45, 2.75) is 26.4 Å². The minimum Gasteiger partial charge on any atom is -0.318 e. The molecule has 0 atom stereocenters. The fourth-order valence-corrected chi connectivity index (χ4v) is 3.15. The molecule has 0 bridgehead atoms. The number of halogens is 3. The Kier molecular flexibility index (Phi) is 5.87. The highest BCUT2D eigenvalue weighted by Gasteiger charge is 2.30. The maximum atomic E-state index is 12.8. The first-order valence-corrected chi connectivity index (χ1v) is 8.98. The zero-order valence-electron chi connectivity index (χ0n) is 16.0. The first-order chi connectivity index (χ1) is 13.8. The summed E-state index contributed by atoms with van der Waals surface area (Å²) in [6.07, 6.45) is -3.10. The summed E-state index contributed by atoms with van der Waals surface area (Å²) < 4.78 is 40.4. The smallest absolute Gasteiger partial charge is 0.318 e. The molecule has 0 aliphatic rings. The highest BCUT2D eigenvalue weighted by Crippen LogP contribution is 2.29. The third kappa shape index (κ3) is 4.93. The third-order valence-corrected chi connectivity index (χ3v) is 4.50. The number of aromatic nitrogens is 1. The number of hydrogen-bond acceptors (Lipinski definition) is 2. The van der Waals surface area contributed by atoms with Crippen LogP contribution >= 0.6 is 0 Å². The number of hydrazone groups is 1. The normalized spacial score (nSPS) is 11.8. The van der Waals surface area contributed by atoms with E-state index in [1.807, 2.05) is 50.2 Å². The molecule has 4 nitrogen and oxygen atoms in total. The van der Waals surface area contributed by atoms with E-state index in [0.29, 0.717) is 0 Å². The number of carbonyl (C=O) groups is 1. The number of alkyl halides is 3. The number of benzene rings is 2. The van der Waals surface area contributed by atoms with Crippen LogP contribution in [0.2, 0.25) is 0 Å². The lowest BCUT2D eigenvalue weighted by Gasteiger charge is -2.09. The Morgan fingerprint density at radius 2 is 1.79 bits per heavy atom. The van der Waals surface area contributed by atoms with Gasteiger partial charge in [0.25, 0.3) is 0 Å². The Labute approximate surface area is 166 Å². The molecule has 0 spiro atoms. The van der Waals surface area contributed by atoms with Crippen LogP contribution in [0.15, 0.2) is 65.8 Å². The number of rotatable bonds is 5. The van der Waals surface area contributed by atoms with Gasteiger partial charge in [-0.3, -0.25) is 4.79 Å². The van der Waals surface area contributed by atoms with Crippen LogP contribution in [0, 0.1) is 13.8 Å². The molecule has 7 heteroatoms. The van der Waals surface area contributed by atoms with Gasteiger partial charge >= 0.3 is 6.18 Å². The van der Waals surface area contributed by atoms with E-state index in [1.165, 1.54) is 18.3 Å². The van der Waals surface area contributed by atoms with Gasteiger partial charge in [0.05, 0.1) is 18.2 Å². The quantitative estimate of drug-likeness (QED) is 0.486. The summed E-state index contributed by atoms with van der Waals surface area (Å²) in [7, 11) is 0. The average Bonchev–Trinajstić information content (AvgIpc) is 2.95. The maximum Gasteiger partial charge on any atom is 0.416 e. The van der Waals surface area contributed by atoms with Crippen LogP contribution in [0.25, 0.3) is 5.69 Å². The van der Waals surface area contributed by atoms with Gasteiger partial charge in [0.15, 0.2) is 0 Å². The lowest BCUT2D eigenvalue weighted by atomic mass is 10.1. The zero-order valence-corrected chi connectivity index (χ0v) is 16.0. The van der Waals surface area contributed by atoms with Crippen LogP contribution < -0.4 is 5.43 Å². The molecule has 3 aromatic rings. The monoisotopic (exact) mass is 399 g/mol. The first kappa shape index (κ1) is 20.4. The Bertz CT molecular complexity index is 1040. The molecule has 29 heavy (non-hydrogen) atoms. The molecule has 1 N–H and O–H groups in total. The molecule has 0 saturated carbocycles. The predicted octanol–water partition coefficient (Wildman–Crippen LogP) is 4.81. The van der Waals surface area contributed by atoms with Crippen molar-refractivity contribution in [1.29, 1.82) is 0 Å². The Morgan fingerprint density at radius 1 is 1.07 bits per heavy atom. The summed E-state index contributed by atoms with van der Waals surface area (Å²) in [4.78, 5) is 12.0. The van der Waals surface area contributed by atoms with E-state index >= 15 is 0 Å². The molecule has 1 aromatic heterocycles. The lowest BCUT2D eigenvalue weighted by Crippen LogP contribution is -2.20. The number of nitrogens with one attached hydrogen (secondary N) is 1. The van der Waals surface area contributed by atoms with E-state index in [4.69, 9.17) is 0 Å². The topological polar surface area (TPSA) is 46.4 Å². The van der Waals surface area contributed by atoms with Crippen LogP contribution in [-0.2, 0) is 17.4 Å². The van der Waals surface area contributed by atoms with Crippen molar-refractivity contribution in [2.75, 3.05) is 0 Å². The fourth-order valence-electron chi connectivity index (χ4n) is 3.15. The summed E-state index contributed by atoms with van der Waals surface area (Å²) in [5.41, 5.74) is 5.71. The molecule has 0 unspecified atom stereocenters. The Morgan fingerprint density at radius 3 is 2.48 bits per heavy atom. The SMILES string of the molecule is Cc1cc(/C=N/NC(=O)Cc2cccc(C(F)(F)F)c2)c(C)n1-c1ccccc1. The molecule has 0 aliphatic carbocycles. The van der Waals surface area contributed by atoms with Crippen LogP contribution in [0.3, 0.4) is 0 Å². The number of hydrogen-bond donors (Lipinski definition) is 1. The van der Waals surface area contributed by atoms with Crippen molar-refractivity contribution in [2.24, 2.45) is 5.10 Å². The highest BCUT2D eigenvalue weighted by molar-refractivity contribution is 5.84. The molecule has 0 aliphatic heterocycles. The number of carbonyl (C=O) groups excluding carboxylic acids is 1. The number of nitrogens with zero attached hydrogens (tertiary/aromatic N) is 2. The molecule has 150 valence electrons. The number of aryl methyl sites for hydroxylation is 1. The van der Waals surface area contributed by atoms with Gasteiger partial charge in [-0.05, 0) is 43.7 Å². The third-order valence-electron chi connectivity index (χ3n) is 4.50. The van der Waals surface area contributed by atoms with E-state index in [0.717, 1.165) is 34.8 Å². The fraction of sp³-hybridized carbons (Fsp3) is 0.182. The van der Waals surface area contributed by atoms with Gasteiger partial charge in [-0.1, -0.05) is 36.4 Å². The van der Waals surface area contributed by atoms with Crippen LogP contribution in [0.1, 0.15) is 28.1 Å². The van der Waals surface area contributed by atoms with E-state index in [-0.39, 0.29) is 12.0 Å². The number of para-hydroxylation sites is 1. The summed E-state index contributed by atoms with van der Waals surface area (Å²) in [5.74, 6) is -0.488. The van der Waals surface area contributed by atoms with Crippen LogP contribution in [-0.4, -0.2) is 16.7 Å². The predicted molar refractivity (Wildman–Crippen MR) is 106 cm³/mol. The first-order valence-electron chi connectivity index (χ1n) is 8.98. The Balaban J connectivity index is 1.67. The van der Waals surface area contributed by atoms with Crippen molar-refractivity contribution in [3.63, 3.8) is 0 Å². The lowest BCUT2D eigenvalue weighted by molar-refractivity contribution is -0.137. The van der Waals surface area contributed by atoms with Gasteiger partial charge in [-0.25, -0.2) is 5.43 Å². The molecule has 0 radical (unpaired) electrons. The van der Waals surface area contributed by atoms with Gasteiger partial charge in [0, 0.05) is 22.6 Å². The number of amides is 1. The van der Waals surface area contributed by atoms with Crippen LogP contribution in [0.4, 0.5) is 13.2 Å². The summed E-state index contributed by atoms with van der Waals surface area (Å²) >= 11 is 0. The minimum absolute atomic E-state index is 0.190. The van der Waals surface area contributed by atoms with Gasteiger partial charge in [0.1, 0.15) is 0 Å². The molecule has 1 heterocycles. The van der Waals surface area contributed by atoms with Crippen molar-refractivity contribution >= 4 is 12.1 Å². The van der Waals surface area contributed by atoms with E-state index in [9.17, 15) is 18.0 Å². The molecule has 1 amide bonds. The molecular formula is C22H20F3N3O. The molecule has 0 saturated heterocycles. The highest BCUT2D eigenvalue weighted by atomic mass is 19.4. The van der Waals surface area contributed by atoms with Gasteiger partial charge in [-0.15, -0.1) is 0 Å². The van der Waals surface area contributed by atoms with Crippen molar-refractivity contribution in [3.8, 4) is 5.69 Å². The zero-order chi connectivity index (χ0) is 21.0. The van der Waals surface area contributed by atoms with E-state index < -0.39 is 17.6 Å². The van der Waals surface area contributed by atoms with Gasteiger partial charge in [0.2, 0.25) is 5.91 Å². The van der Waals surface area contributed by atoms with Gasteiger partial charge < -0.3 is 4.57 Å². The van der Waals surface area contributed by atoms with Crippen molar-refractivity contribution < 1.29 is 18.0 Å². The summed E-state index contributed by atoms with van der Waals surface area (Å²) in [6.45, 7) is 3.93. The molecule has 2 aromatic carbocycles. The largest absolute Gasteiger partial charge is 0.416 e. The minimum atomic E-state index is -4.44. The van der Waals surface area contributed by atoms with Crippen molar-refractivity contribution in [3.05, 3.63) is 88.7 Å². The summed E-state index contributed by atoms with van der Waals surface area (Å²) in [6, 6.07) is 16.5. The molecular weight excluding hydrogens is 379 g/mol. The van der Waals surface area contributed by atoms with E-state index in [2.05, 4.69) is 15.1 Å². The second-order valence-corrected chi connectivity index (χ2v) is 6.67. The Hall–Kier alpha value is -3.35. The maximum absolute atomic E-state index is 12.8. The summed E-state index contributed by atoms with van der Waals surface area (Å²) in [5, 5.41) is 3.96. The second kappa shape index (κ2) is 8.34. The molecule has 3 rings (SSSR count). The van der Waals surface area contributed by atoms with Gasteiger partial charge in [-0.2, -0.15) is 18.3 Å².